The molecule has 1 aromatic heterocycles. The first-order chi connectivity index (χ1) is 25.3. The van der Waals surface area contributed by atoms with Gasteiger partial charge >= 0.3 is 0 Å². The zero-order valence-electron chi connectivity index (χ0n) is 28.2. The van der Waals surface area contributed by atoms with Crippen molar-refractivity contribution in [3.05, 3.63) is 173 Å². The third-order valence-corrected chi connectivity index (χ3v) is 10.7. The zero-order chi connectivity index (χ0) is 33.7. The molecule has 0 fully saturated rings. The van der Waals surface area contributed by atoms with Crippen molar-refractivity contribution in [1.29, 1.82) is 0 Å². The summed E-state index contributed by atoms with van der Waals surface area (Å²) in [6, 6.07) is 36.8. The summed E-state index contributed by atoms with van der Waals surface area (Å²) < 4.78 is 6.39. The molecule has 1 aliphatic heterocycles. The van der Waals surface area contributed by atoms with Gasteiger partial charge in [0.15, 0.2) is 17.5 Å². The van der Waals surface area contributed by atoms with Crippen LogP contribution in [0.4, 0.5) is 0 Å². The topological polar surface area (TPSA) is 47.9 Å². The molecule has 0 spiro atoms. The predicted octanol–water partition coefficient (Wildman–Crippen LogP) is 11.2. The van der Waals surface area contributed by atoms with Crippen molar-refractivity contribution in [2.45, 2.75) is 37.7 Å². The van der Waals surface area contributed by atoms with E-state index in [0.29, 0.717) is 17.5 Å². The second-order valence-corrected chi connectivity index (χ2v) is 13.7. The van der Waals surface area contributed by atoms with Crippen LogP contribution in [0.25, 0.3) is 62.2 Å². The van der Waals surface area contributed by atoms with Gasteiger partial charge in [-0.15, -0.1) is 0 Å². The quantitative estimate of drug-likeness (QED) is 0.185. The number of hydrogen-bond acceptors (Lipinski definition) is 4. The number of hydrogen-bond donors (Lipinski definition) is 0. The molecule has 4 heteroatoms. The van der Waals surface area contributed by atoms with Crippen molar-refractivity contribution in [3.63, 3.8) is 0 Å². The van der Waals surface area contributed by atoms with E-state index in [-0.39, 0.29) is 12.0 Å². The van der Waals surface area contributed by atoms with Crippen LogP contribution in [0.2, 0.25) is 0 Å². The molecule has 2 unspecified atom stereocenters. The van der Waals surface area contributed by atoms with Crippen LogP contribution in [0.5, 0.6) is 5.75 Å². The van der Waals surface area contributed by atoms with Crippen molar-refractivity contribution >= 4 is 28.0 Å². The summed E-state index contributed by atoms with van der Waals surface area (Å²) in [6.07, 6.45) is 21.8. The minimum Gasteiger partial charge on any atom is -0.485 e. The normalized spacial score (nSPS) is 18.4. The molecule has 0 amide bonds. The second-order valence-electron chi connectivity index (χ2n) is 13.7. The van der Waals surface area contributed by atoms with Crippen LogP contribution in [0.3, 0.4) is 0 Å². The van der Waals surface area contributed by atoms with E-state index in [1.165, 1.54) is 44.3 Å². The van der Waals surface area contributed by atoms with Gasteiger partial charge in [-0.05, 0) is 94.1 Å². The molecule has 3 aliphatic carbocycles. The lowest BCUT2D eigenvalue weighted by atomic mass is 9.80. The number of benzene rings is 5. The molecule has 10 rings (SSSR count). The Morgan fingerprint density at radius 3 is 2.24 bits per heavy atom. The SMILES string of the molecule is C1=CCCC(c2cccc(-c3nc(-c4ccc5c(c4)C=CCC5)nc(-c4cccc5c(C6=CC=CC7Oc8ccccc8C67)cccc45)n3)c2)=C1. The molecule has 51 heavy (non-hydrogen) atoms. The highest BCUT2D eigenvalue weighted by Crippen LogP contribution is 2.49. The Labute approximate surface area is 297 Å². The predicted molar refractivity (Wildman–Crippen MR) is 208 cm³/mol. The number of fused-ring (bicyclic) bond motifs is 5. The van der Waals surface area contributed by atoms with Gasteiger partial charge in [0.2, 0.25) is 0 Å². The lowest BCUT2D eigenvalue weighted by Crippen LogP contribution is -2.19. The fraction of sp³-hybridized carbons (Fsp3) is 0.128. The number of aryl methyl sites for hydroxylation is 1. The zero-order valence-corrected chi connectivity index (χ0v) is 28.2. The summed E-state index contributed by atoms with van der Waals surface area (Å²) in [6.45, 7) is 0. The summed E-state index contributed by atoms with van der Waals surface area (Å²) in [7, 11) is 0. The number of allylic oxidation sites excluding steroid dienone is 7. The number of ether oxygens (including phenoxy) is 1. The van der Waals surface area contributed by atoms with Crippen LogP contribution >= 0.6 is 0 Å². The highest BCUT2D eigenvalue weighted by Gasteiger charge is 2.37. The van der Waals surface area contributed by atoms with Crippen LogP contribution in [0.1, 0.15) is 53.0 Å². The summed E-state index contributed by atoms with van der Waals surface area (Å²) >= 11 is 0. The lowest BCUT2D eigenvalue weighted by Gasteiger charge is -2.24. The Hall–Kier alpha value is -6.13. The van der Waals surface area contributed by atoms with E-state index in [9.17, 15) is 0 Å². The average Bonchev–Trinajstić information content (AvgIpc) is 3.59. The molecule has 244 valence electrons. The molecule has 0 saturated heterocycles. The largest absolute Gasteiger partial charge is 0.485 e. The first-order valence-electron chi connectivity index (χ1n) is 18.0. The van der Waals surface area contributed by atoms with Crippen LogP contribution in [-0.2, 0) is 6.42 Å². The third-order valence-electron chi connectivity index (χ3n) is 10.7. The second kappa shape index (κ2) is 12.3. The summed E-state index contributed by atoms with van der Waals surface area (Å²) in [5, 5.41) is 2.28. The Morgan fingerprint density at radius 2 is 1.35 bits per heavy atom. The minimum atomic E-state index is -0.0166. The third kappa shape index (κ3) is 5.26. The molecule has 4 aliphatic rings. The van der Waals surface area contributed by atoms with Crippen molar-refractivity contribution < 1.29 is 4.74 Å². The van der Waals surface area contributed by atoms with E-state index in [1.807, 2.05) is 6.07 Å². The fourth-order valence-electron chi connectivity index (χ4n) is 8.14. The van der Waals surface area contributed by atoms with Crippen molar-refractivity contribution in [1.82, 2.24) is 15.0 Å². The number of rotatable bonds is 5. The van der Waals surface area contributed by atoms with E-state index in [1.54, 1.807) is 0 Å². The molecular weight excluding hydrogens is 623 g/mol. The van der Waals surface area contributed by atoms with Crippen LogP contribution < -0.4 is 4.74 Å². The molecule has 0 saturated carbocycles. The minimum absolute atomic E-state index is 0.0166. The molecule has 6 aromatic rings. The Kier molecular flexibility index (Phi) is 7.19. The highest BCUT2D eigenvalue weighted by molar-refractivity contribution is 6.03. The molecule has 4 nitrogen and oxygen atoms in total. The molecule has 0 N–H and O–H groups in total. The number of nitrogens with zero attached hydrogens (tertiary/aromatic N) is 3. The van der Waals surface area contributed by atoms with E-state index in [2.05, 4.69) is 146 Å². The van der Waals surface area contributed by atoms with Gasteiger partial charge in [0, 0.05) is 22.3 Å². The standard InChI is InChI=1S/C47H35N3O/c1-2-12-30(13-3-1)33-16-8-17-34(28-33)45-48-46(35-27-26-31-14-4-5-15-32(31)29-35)50-47(49-45)40-23-10-19-36-37(20-9-21-38(36)40)39-22-11-25-43-44(39)41-18-6-7-24-42(41)51-43/h1-2,5-12,15-29,43-44H,3-4,13-14H2. The van der Waals surface area contributed by atoms with Gasteiger partial charge < -0.3 is 4.74 Å². The van der Waals surface area contributed by atoms with E-state index < -0.39 is 0 Å². The number of aromatic nitrogens is 3. The molecule has 2 atom stereocenters. The summed E-state index contributed by atoms with van der Waals surface area (Å²) in [5.74, 6) is 3.12. The van der Waals surface area contributed by atoms with E-state index >= 15 is 0 Å². The first-order valence-corrected chi connectivity index (χ1v) is 18.0. The van der Waals surface area contributed by atoms with Gasteiger partial charge in [-0.3, -0.25) is 0 Å². The van der Waals surface area contributed by atoms with Crippen LogP contribution in [0.15, 0.2) is 146 Å². The Balaban J connectivity index is 1.14. The summed E-state index contributed by atoms with van der Waals surface area (Å²) in [4.78, 5) is 15.6. The van der Waals surface area contributed by atoms with Crippen molar-refractivity contribution in [2.75, 3.05) is 0 Å². The monoisotopic (exact) mass is 657 g/mol. The van der Waals surface area contributed by atoms with Gasteiger partial charge in [-0.1, -0.05) is 127 Å². The maximum atomic E-state index is 6.39. The van der Waals surface area contributed by atoms with Gasteiger partial charge in [0.1, 0.15) is 11.9 Å². The van der Waals surface area contributed by atoms with Gasteiger partial charge in [-0.2, -0.15) is 0 Å². The van der Waals surface area contributed by atoms with Gasteiger partial charge in [0.25, 0.3) is 0 Å². The lowest BCUT2D eigenvalue weighted by molar-refractivity contribution is 0.271. The smallest absolute Gasteiger partial charge is 0.164 e. The Morgan fingerprint density at radius 1 is 0.588 bits per heavy atom. The average molecular weight is 658 g/mol. The maximum Gasteiger partial charge on any atom is 0.164 e. The maximum absolute atomic E-state index is 6.39. The summed E-state index contributed by atoms with van der Waals surface area (Å²) in [5.41, 5.74) is 11.8. The van der Waals surface area contributed by atoms with E-state index in [4.69, 9.17) is 19.7 Å². The number of para-hydroxylation sites is 1. The van der Waals surface area contributed by atoms with Gasteiger partial charge in [0.05, 0.1) is 5.92 Å². The molecule has 0 bridgehead atoms. The highest BCUT2D eigenvalue weighted by atomic mass is 16.5. The van der Waals surface area contributed by atoms with Crippen LogP contribution in [-0.4, -0.2) is 21.1 Å². The van der Waals surface area contributed by atoms with E-state index in [0.717, 1.165) is 53.5 Å². The molecule has 2 heterocycles. The fourth-order valence-corrected chi connectivity index (χ4v) is 8.14. The van der Waals surface area contributed by atoms with Crippen LogP contribution in [0, 0.1) is 0 Å². The van der Waals surface area contributed by atoms with Crippen molar-refractivity contribution in [3.8, 4) is 39.9 Å². The molecular formula is C47H35N3O. The van der Waals surface area contributed by atoms with Gasteiger partial charge in [-0.25, -0.2) is 15.0 Å². The molecule has 0 radical (unpaired) electrons. The molecule has 5 aromatic carbocycles. The Bertz CT molecular complexity index is 2530. The van der Waals surface area contributed by atoms with Crippen molar-refractivity contribution in [2.24, 2.45) is 0 Å². The first kappa shape index (κ1) is 29.8.